The van der Waals surface area contributed by atoms with E-state index in [0.717, 1.165) is 48.5 Å². The maximum atomic E-state index is 12.4. The van der Waals surface area contributed by atoms with Gasteiger partial charge in [0.25, 0.3) is 0 Å². The predicted molar refractivity (Wildman–Crippen MR) is 79.0 cm³/mol. The van der Waals surface area contributed by atoms with Gasteiger partial charge in [0, 0.05) is 22.3 Å². The number of hydrogen-bond donors (Lipinski definition) is 2. The second kappa shape index (κ2) is 6.35. The van der Waals surface area contributed by atoms with Crippen LogP contribution in [0.15, 0.2) is 11.0 Å². The quantitative estimate of drug-likeness (QED) is 0.848. The summed E-state index contributed by atoms with van der Waals surface area (Å²) in [6.07, 6.45) is 4.18. The third-order valence-corrected chi connectivity index (χ3v) is 6.27. The fourth-order valence-electron chi connectivity index (χ4n) is 2.45. The third kappa shape index (κ3) is 3.78. The standard InChI is InChI=1S/C13H22N2O2S2/c1-3-14-9-12-8-13(10(2)18-12)19(16,17)15-11-6-4-5-7-11/h8,11,14-15H,3-7,9H2,1-2H3. The minimum Gasteiger partial charge on any atom is -0.312 e. The van der Waals surface area contributed by atoms with Gasteiger partial charge in [0.2, 0.25) is 10.0 Å². The fraction of sp³-hybridized carbons (Fsp3) is 0.692. The van der Waals surface area contributed by atoms with E-state index in [4.69, 9.17) is 0 Å². The first-order chi connectivity index (χ1) is 9.03. The first-order valence-corrected chi connectivity index (χ1v) is 9.15. The summed E-state index contributed by atoms with van der Waals surface area (Å²) in [7, 11) is -3.35. The number of thiophene rings is 1. The van der Waals surface area contributed by atoms with E-state index in [0.29, 0.717) is 4.90 Å². The van der Waals surface area contributed by atoms with E-state index >= 15 is 0 Å². The number of nitrogens with one attached hydrogen (secondary N) is 2. The molecule has 4 nitrogen and oxygen atoms in total. The van der Waals surface area contributed by atoms with Crippen molar-refractivity contribution in [2.75, 3.05) is 6.54 Å². The van der Waals surface area contributed by atoms with Crippen LogP contribution in [0, 0.1) is 6.92 Å². The number of aryl methyl sites for hydroxylation is 1. The topological polar surface area (TPSA) is 58.2 Å². The Hall–Kier alpha value is -0.430. The maximum Gasteiger partial charge on any atom is 0.241 e. The fourth-order valence-corrected chi connectivity index (χ4v) is 5.36. The van der Waals surface area contributed by atoms with Gasteiger partial charge >= 0.3 is 0 Å². The molecule has 0 aromatic carbocycles. The van der Waals surface area contributed by atoms with E-state index in [1.807, 2.05) is 13.8 Å². The van der Waals surface area contributed by atoms with Gasteiger partial charge in [-0.05, 0) is 32.4 Å². The highest BCUT2D eigenvalue weighted by Gasteiger charge is 2.25. The molecular weight excluding hydrogens is 280 g/mol. The zero-order valence-electron chi connectivity index (χ0n) is 11.5. The van der Waals surface area contributed by atoms with Gasteiger partial charge in [-0.3, -0.25) is 0 Å². The lowest BCUT2D eigenvalue weighted by Gasteiger charge is -2.11. The summed E-state index contributed by atoms with van der Waals surface area (Å²) in [5.74, 6) is 0. The predicted octanol–water partition coefficient (Wildman–Crippen LogP) is 2.39. The number of sulfonamides is 1. The average molecular weight is 302 g/mol. The molecule has 0 spiro atoms. The van der Waals surface area contributed by atoms with Crippen LogP contribution < -0.4 is 10.0 Å². The summed E-state index contributed by atoms with van der Waals surface area (Å²) in [6.45, 7) is 5.55. The van der Waals surface area contributed by atoms with E-state index in [-0.39, 0.29) is 6.04 Å². The molecule has 1 aliphatic rings. The molecule has 0 saturated heterocycles. The van der Waals surface area contributed by atoms with E-state index in [1.54, 1.807) is 17.4 Å². The molecule has 1 aromatic heterocycles. The molecule has 1 aromatic rings. The van der Waals surface area contributed by atoms with Crippen molar-refractivity contribution in [3.63, 3.8) is 0 Å². The minimum absolute atomic E-state index is 0.126. The summed E-state index contributed by atoms with van der Waals surface area (Å²) in [6, 6.07) is 1.93. The van der Waals surface area contributed by atoms with Crippen molar-refractivity contribution in [1.82, 2.24) is 10.0 Å². The molecule has 1 heterocycles. The van der Waals surface area contributed by atoms with Crippen LogP contribution in [0.25, 0.3) is 0 Å². The van der Waals surface area contributed by atoms with Crippen molar-refractivity contribution in [3.05, 3.63) is 15.8 Å². The van der Waals surface area contributed by atoms with Crippen LogP contribution >= 0.6 is 11.3 Å². The van der Waals surface area contributed by atoms with Gasteiger partial charge in [-0.25, -0.2) is 13.1 Å². The minimum atomic E-state index is -3.35. The van der Waals surface area contributed by atoms with Crippen molar-refractivity contribution in [2.24, 2.45) is 0 Å². The van der Waals surface area contributed by atoms with Crippen molar-refractivity contribution in [3.8, 4) is 0 Å². The zero-order valence-corrected chi connectivity index (χ0v) is 13.2. The van der Waals surface area contributed by atoms with Crippen LogP contribution in [-0.4, -0.2) is 21.0 Å². The summed E-state index contributed by atoms with van der Waals surface area (Å²) in [5, 5.41) is 3.22. The molecule has 0 radical (unpaired) electrons. The Bertz CT molecular complexity index is 517. The molecule has 0 aliphatic heterocycles. The summed E-state index contributed by atoms with van der Waals surface area (Å²) in [5.41, 5.74) is 0. The Morgan fingerprint density at radius 3 is 2.68 bits per heavy atom. The van der Waals surface area contributed by atoms with Crippen LogP contribution in [0.5, 0.6) is 0 Å². The first kappa shape index (κ1) is 15.0. The number of hydrogen-bond acceptors (Lipinski definition) is 4. The van der Waals surface area contributed by atoms with Crippen LogP contribution in [0.4, 0.5) is 0 Å². The monoisotopic (exact) mass is 302 g/mol. The van der Waals surface area contributed by atoms with Gasteiger partial charge in [0.1, 0.15) is 0 Å². The van der Waals surface area contributed by atoms with Gasteiger partial charge in [-0.1, -0.05) is 19.8 Å². The van der Waals surface area contributed by atoms with Crippen LogP contribution in [0.3, 0.4) is 0 Å². The van der Waals surface area contributed by atoms with Crippen molar-refractivity contribution in [1.29, 1.82) is 0 Å². The molecule has 108 valence electrons. The molecule has 6 heteroatoms. The molecule has 0 atom stereocenters. The average Bonchev–Trinajstić information content (AvgIpc) is 2.95. The van der Waals surface area contributed by atoms with E-state index in [1.165, 1.54) is 0 Å². The maximum absolute atomic E-state index is 12.4. The highest BCUT2D eigenvalue weighted by Crippen LogP contribution is 2.27. The Morgan fingerprint density at radius 2 is 2.05 bits per heavy atom. The Morgan fingerprint density at radius 1 is 1.37 bits per heavy atom. The molecule has 1 fully saturated rings. The van der Waals surface area contributed by atoms with Gasteiger partial charge in [0.15, 0.2) is 0 Å². The lowest BCUT2D eigenvalue weighted by Crippen LogP contribution is -2.32. The Balaban J connectivity index is 2.12. The normalized spacial score (nSPS) is 17.2. The number of rotatable bonds is 6. The van der Waals surface area contributed by atoms with Gasteiger partial charge in [-0.15, -0.1) is 11.3 Å². The zero-order chi connectivity index (χ0) is 13.9. The Labute approximate surface area is 119 Å². The SMILES string of the molecule is CCNCc1cc(S(=O)(=O)NC2CCCC2)c(C)s1. The van der Waals surface area contributed by atoms with Crippen molar-refractivity contribution in [2.45, 2.75) is 57.0 Å². The molecular formula is C13H22N2O2S2. The molecule has 0 amide bonds. The van der Waals surface area contributed by atoms with Gasteiger partial charge < -0.3 is 5.32 Å². The molecule has 0 bridgehead atoms. The van der Waals surface area contributed by atoms with Crippen molar-refractivity contribution >= 4 is 21.4 Å². The third-order valence-electron chi connectivity index (χ3n) is 3.44. The molecule has 1 aliphatic carbocycles. The molecule has 2 N–H and O–H groups in total. The highest BCUT2D eigenvalue weighted by atomic mass is 32.2. The summed E-state index contributed by atoms with van der Waals surface area (Å²) in [4.78, 5) is 2.40. The van der Waals surface area contributed by atoms with Crippen LogP contribution in [-0.2, 0) is 16.6 Å². The van der Waals surface area contributed by atoms with Crippen LogP contribution in [0.1, 0.15) is 42.4 Å². The largest absolute Gasteiger partial charge is 0.312 e. The van der Waals surface area contributed by atoms with Gasteiger partial charge in [0.05, 0.1) is 4.90 Å². The molecule has 0 unspecified atom stereocenters. The summed E-state index contributed by atoms with van der Waals surface area (Å²) < 4.78 is 27.6. The van der Waals surface area contributed by atoms with Crippen molar-refractivity contribution < 1.29 is 8.42 Å². The molecule has 2 rings (SSSR count). The lowest BCUT2D eigenvalue weighted by molar-refractivity contribution is 0.552. The second-order valence-corrected chi connectivity index (χ2v) is 8.04. The first-order valence-electron chi connectivity index (χ1n) is 6.85. The summed E-state index contributed by atoms with van der Waals surface area (Å²) >= 11 is 1.56. The van der Waals surface area contributed by atoms with E-state index in [2.05, 4.69) is 10.0 Å². The van der Waals surface area contributed by atoms with E-state index in [9.17, 15) is 8.42 Å². The smallest absolute Gasteiger partial charge is 0.241 e. The Kier molecular flexibility index (Phi) is 5.00. The van der Waals surface area contributed by atoms with E-state index < -0.39 is 10.0 Å². The molecule has 1 saturated carbocycles. The highest BCUT2D eigenvalue weighted by molar-refractivity contribution is 7.89. The second-order valence-electron chi connectivity index (χ2n) is 5.02. The van der Waals surface area contributed by atoms with Gasteiger partial charge in [-0.2, -0.15) is 0 Å². The van der Waals surface area contributed by atoms with Crippen LogP contribution in [0.2, 0.25) is 0 Å². The molecule has 19 heavy (non-hydrogen) atoms. The lowest BCUT2D eigenvalue weighted by atomic mass is 10.3.